The zero-order chi connectivity index (χ0) is 28.8. The molecule has 1 heterocycles. The van der Waals surface area contributed by atoms with Crippen LogP contribution in [0.1, 0.15) is 15.2 Å². The molecule has 0 aliphatic heterocycles. The highest BCUT2D eigenvalue weighted by Gasteiger charge is 2.23. The summed E-state index contributed by atoms with van der Waals surface area (Å²) in [4.78, 5) is 26.3. The molecule has 0 bridgehead atoms. The van der Waals surface area contributed by atoms with Gasteiger partial charge in [0.15, 0.2) is 0 Å². The van der Waals surface area contributed by atoms with Crippen molar-refractivity contribution >= 4 is 74.3 Å². The number of hydrazone groups is 1. The molecule has 1 aromatic heterocycles. The van der Waals surface area contributed by atoms with Gasteiger partial charge in [0.05, 0.1) is 11.2 Å². The molecular weight excluding hydrogens is 607 g/mol. The summed E-state index contributed by atoms with van der Waals surface area (Å²) in [5.74, 6) is -0.365. The zero-order valence-electron chi connectivity index (χ0n) is 20.9. The number of thiophene rings is 1. The Kier molecular flexibility index (Phi) is 9.06. The molecule has 0 unspecified atom stereocenters. The van der Waals surface area contributed by atoms with Gasteiger partial charge in [-0.3, -0.25) is 4.79 Å². The van der Waals surface area contributed by atoms with Crippen LogP contribution in [0.3, 0.4) is 0 Å². The van der Waals surface area contributed by atoms with Gasteiger partial charge in [-0.1, -0.05) is 65.1 Å². The van der Waals surface area contributed by atoms with Crippen LogP contribution in [0.25, 0.3) is 10.1 Å². The second-order valence-corrected chi connectivity index (χ2v) is 10.7. The quantitative estimate of drug-likeness (QED) is 0.0590. The van der Waals surface area contributed by atoms with Crippen LogP contribution < -0.4 is 19.6 Å². The number of esters is 1. The number of hydrogen-bond donors (Lipinski definition) is 1. The molecule has 0 aliphatic rings. The third-order valence-electron chi connectivity index (χ3n) is 5.55. The molecule has 1 amide bonds. The fourth-order valence-electron chi connectivity index (χ4n) is 3.59. The number of amides is 1. The summed E-state index contributed by atoms with van der Waals surface area (Å²) >= 11 is 19.6. The Morgan fingerprint density at radius 1 is 0.780 bits per heavy atom. The van der Waals surface area contributed by atoms with E-state index in [1.54, 1.807) is 72.8 Å². The average Bonchev–Trinajstić information content (AvgIpc) is 3.32. The summed E-state index contributed by atoms with van der Waals surface area (Å²) in [6, 6.07) is 27.1. The highest BCUT2D eigenvalue weighted by atomic mass is 35.5. The highest BCUT2D eigenvalue weighted by Crippen LogP contribution is 2.36. The monoisotopic (exact) mass is 624 g/mol. The number of carbonyl (C=O) groups is 2. The number of ether oxygens (including phenoxy) is 3. The normalized spacial score (nSPS) is 11.1. The number of hydrogen-bond acceptors (Lipinski definition) is 7. The van der Waals surface area contributed by atoms with Crippen LogP contribution in [-0.2, 0) is 4.79 Å². The van der Waals surface area contributed by atoms with E-state index in [4.69, 9.17) is 49.0 Å². The van der Waals surface area contributed by atoms with Gasteiger partial charge in [-0.2, -0.15) is 5.10 Å². The van der Waals surface area contributed by atoms with E-state index < -0.39 is 18.2 Å². The van der Waals surface area contributed by atoms with Crippen molar-refractivity contribution in [2.75, 3.05) is 0 Å². The zero-order valence-corrected chi connectivity index (χ0v) is 24.0. The first-order valence-corrected chi connectivity index (χ1v) is 14.0. The number of nitrogens with zero attached hydrogens (tertiary/aromatic N) is 1. The van der Waals surface area contributed by atoms with E-state index in [0.29, 0.717) is 32.1 Å². The molecular formula is C30H19Cl3N2O5S. The molecule has 0 spiro atoms. The highest BCUT2D eigenvalue weighted by molar-refractivity contribution is 7.21. The number of nitrogens with one attached hydrogen (secondary N) is 1. The van der Waals surface area contributed by atoms with Gasteiger partial charge in [-0.25, -0.2) is 10.2 Å². The minimum Gasteiger partial charge on any atom is -0.446 e. The van der Waals surface area contributed by atoms with Gasteiger partial charge >= 0.3 is 18.2 Å². The lowest BCUT2D eigenvalue weighted by Crippen LogP contribution is -2.40. The summed E-state index contributed by atoms with van der Waals surface area (Å²) < 4.78 is 18.0. The van der Waals surface area contributed by atoms with Crippen LogP contribution in [0, 0.1) is 0 Å². The minimum absolute atomic E-state index is 0.232. The van der Waals surface area contributed by atoms with Crippen LogP contribution in [0.15, 0.2) is 102 Å². The maximum absolute atomic E-state index is 13.0. The number of fused-ring (bicyclic) bond motifs is 1. The van der Waals surface area contributed by atoms with Crippen molar-refractivity contribution < 1.29 is 23.8 Å². The van der Waals surface area contributed by atoms with Crippen LogP contribution in [0.2, 0.25) is 15.1 Å². The first kappa shape index (κ1) is 28.4. The molecule has 0 saturated carbocycles. The van der Waals surface area contributed by atoms with E-state index >= 15 is 0 Å². The smallest absolute Gasteiger partial charge is 0.355 e. The van der Waals surface area contributed by atoms with Crippen LogP contribution in [0.4, 0.5) is 0 Å². The Morgan fingerprint density at radius 2 is 1.37 bits per heavy atom. The lowest BCUT2D eigenvalue weighted by atomic mass is 10.2. The van der Waals surface area contributed by atoms with Gasteiger partial charge in [0.2, 0.25) is 0 Å². The second-order valence-electron chi connectivity index (χ2n) is 8.38. The van der Waals surface area contributed by atoms with E-state index in [-0.39, 0.29) is 10.6 Å². The van der Waals surface area contributed by atoms with E-state index in [0.717, 1.165) is 10.1 Å². The Balaban J connectivity index is 1.30. The molecule has 7 nitrogen and oxygen atoms in total. The van der Waals surface area contributed by atoms with Crippen molar-refractivity contribution in [3.05, 3.63) is 123 Å². The number of benzene rings is 4. The lowest BCUT2D eigenvalue weighted by Gasteiger charge is -2.19. The van der Waals surface area contributed by atoms with Gasteiger partial charge in [0.25, 0.3) is 0 Å². The molecule has 206 valence electrons. The molecule has 5 rings (SSSR count). The maximum atomic E-state index is 13.0. The fourth-order valence-corrected chi connectivity index (χ4v) is 5.23. The SMILES string of the molecule is O=C(Oc1ccccc1/C=N\NC(=O)C(Oc1ccc(Cl)cc1)Oc1ccc(Cl)cc1)c1sc2ccccc2c1Cl. The molecule has 0 atom stereocenters. The number of carbonyl (C=O) groups excluding carboxylic acids is 2. The van der Waals surface area contributed by atoms with Crippen molar-refractivity contribution in [3.8, 4) is 17.2 Å². The topological polar surface area (TPSA) is 86.2 Å². The van der Waals surface area contributed by atoms with E-state index in [1.165, 1.54) is 17.6 Å². The molecule has 0 radical (unpaired) electrons. The van der Waals surface area contributed by atoms with Gasteiger partial charge < -0.3 is 14.2 Å². The number of rotatable bonds is 9. The Bertz CT molecular complexity index is 1680. The van der Waals surface area contributed by atoms with Crippen molar-refractivity contribution in [1.82, 2.24) is 5.43 Å². The van der Waals surface area contributed by atoms with Crippen LogP contribution in [-0.4, -0.2) is 24.4 Å². The predicted molar refractivity (Wildman–Crippen MR) is 162 cm³/mol. The maximum Gasteiger partial charge on any atom is 0.355 e. The molecule has 1 N–H and O–H groups in total. The van der Waals surface area contributed by atoms with Crippen LogP contribution >= 0.6 is 46.1 Å². The average molecular weight is 626 g/mol. The summed E-state index contributed by atoms with van der Waals surface area (Å²) in [6.45, 7) is 0. The third kappa shape index (κ3) is 7.17. The summed E-state index contributed by atoms with van der Waals surface area (Å²) in [7, 11) is 0. The Morgan fingerprint density at radius 3 is 2.00 bits per heavy atom. The standard InChI is InChI=1S/C30H19Cl3N2O5S/c31-19-9-13-21(14-10-19)38-30(39-22-15-11-20(32)12-16-22)28(36)35-34-17-18-5-1-3-7-24(18)40-29(37)27-26(33)23-6-2-4-8-25(23)41-27/h1-17,30H,(H,35,36)/b34-17-. The van der Waals surface area contributed by atoms with Crippen molar-refractivity contribution in [2.45, 2.75) is 6.29 Å². The molecule has 4 aromatic carbocycles. The van der Waals surface area contributed by atoms with E-state index in [1.807, 2.05) is 24.3 Å². The van der Waals surface area contributed by atoms with E-state index in [9.17, 15) is 9.59 Å². The molecule has 41 heavy (non-hydrogen) atoms. The van der Waals surface area contributed by atoms with Crippen molar-refractivity contribution in [1.29, 1.82) is 0 Å². The van der Waals surface area contributed by atoms with Gasteiger partial charge in [0, 0.05) is 25.7 Å². The summed E-state index contributed by atoms with van der Waals surface area (Å²) in [5, 5.41) is 6.16. The second kappa shape index (κ2) is 13.1. The third-order valence-corrected chi connectivity index (χ3v) is 7.71. The fraction of sp³-hybridized carbons (Fsp3) is 0.0333. The lowest BCUT2D eigenvalue weighted by molar-refractivity contribution is -0.140. The van der Waals surface area contributed by atoms with Crippen molar-refractivity contribution in [3.63, 3.8) is 0 Å². The van der Waals surface area contributed by atoms with Crippen LogP contribution in [0.5, 0.6) is 17.2 Å². The van der Waals surface area contributed by atoms with Crippen molar-refractivity contribution in [2.24, 2.45) is 5.10 Å². The van der Waals surface area contributed by atoms with Gasteiger partial charge in [-0.15, -0.1) is 11.3 Å². The summed E-state index contributed by atoms with van der Waals surface area (Å²) in [6.07, 6.45) is -0.0630. The minimum atomic E-state index is -1.40. The predicted octanol–water partition coefficient (Wildman–Crippen LogP) is 8.01. The number of para-hydroxylation sites is 1. The molecule has 11 heteroatoms. The summed E-state index contributed by atoms with van der Waals surface area (Å²) in [5.41, 5.74) is 2.84. The Hall–Kier alpha value is -4.08. The Labute approximate surface area is 253 Å². The van der Waals surface area contributed by atoms with E-state index in [2.05, 4.69) is 10.5 Å². The van der Waals surface area contributed by atoms with Gasteiger partial charge in [-0.05, 0) is 66.7 Å². The number of halogens is 3. The van der Waals surface area contributed by atoms with Gasteiger partial charge in [0.1, 0.15) is 22.1 Å². The molecule has 5 aromatic rings. The largest absolute Gasteiger partial charge is 0.446 e. The molecule has 0 saturated heterocycles. The molecule has 0 fully saturated rings. The molecule has 0 aliphatic carbocycles. The first-order valence-electron chi connectivity index (χ1n) is 12.0. The first-order chi connectivity index (χ1) is 19.9.